The first-order chi connectivity index (χ1) is 13.8. The van der Waals surface area contributed by atoms with Gasteiger partial charge in [0.1, 0.15) is 0 Å². The van der Waals surface area contributed by atoms with Crippen LogP contribution in [0.3, 0.4) is 0 Å². The molecular formula is C24H42O5Si. The zero-order chi connectivity index (χ0) is 22.7. The lowest BCUT2D eigenvalue weighted by molar-refractivity contribution is -0.232. The Morgan fingerprint density at radius 3 is 2.50 bits per heavy atom. The first kappa shape index (κ1) is 25.3. The SMILES string of the molecule is COC(C)(C)OC1CC2C=C(C=CCCC(=O)O)CC2C1CO[Si](C)(C)C(C)(C)C. The topological polar surface area (TPSA) is 65.0 Å². The molecule has 5 nitrogen and oxygen atoms in total. The minimum absolute atomic E-state index is 0.119. The molecular weight excluding hydrogens is 396 g/mol. The Bertz CT molecular complexity index is 659. The van der Waals surface area contributed by atoms with Gasteiger partial charge in [0, 0.05) is 26.1 Å². The van der Waals surface area contributed by atoms with Crippen LogP contribution in [-0.4, -0.2) is 45.0 Å². The largest absolute Gasteiger partial charge is 0.481 e. The Labute approximate surface area is 184 Å². The fourth-order valence-corrected chi connectivity index (χ4v) is 5.23. The van der Waals surface area contributed by atoms with Gasteiger partial charge in [-0.25, -0.2) is 0 Å². The monoisotopic (exact) mass is 438 g/mol. The van der Waals surface area contributed by atoms with Crippen LogP contribution in [0.15, 0.2) is 23.8 Å². The van der Waals surface area contributed by atoms with Crippen molar-refractivity contribution in [3.63, 3.8) is 0 Å². The van der Waals surface area contributed by atoms with Gasteiger partial charge < -0.3 is 19.0 Å². The van der Waals surface area contributed by atoms with E-state index in [1.165, 1.54) is 5.57 Å². The van der Waals surface area contributed by atoms with Gasteiger partial charge in [0.05, 0.1) is 6.10 Å². The summed E-state index contributed by atoms with van der Waals surface area (Å²) in [5.41, 5.74) is 1.32. The first-order valence-corrected chi connectivity index (χ1v) is 14.1. The van der Waals surface area contributed by atoms with E-state index in [-0.39, 0.29) is 17.6 Å². The highest BCUT2D eigenvalue weighted by Gasteiger charge is 2.48. The molecule has 172 valence electrons. The Morgan fingerprint density at radius 2 is 1.93 bits per heavy atom. The number of methoxy groups -OCH3 is 1. The predicted octanol–water partition coefficient (Wildman–Crippen LogP) is 5.78. The number of ether oxygens (including phenoxy) is 2. The van der Waals surface area contributed by atoms with E-state index in [0.29, 0.717) is 24.2 Å². The average Bonchev–Trinajstić information content (AvgIpc) is 3.12. The quantitative estimate of drug-likeness (QED) is 0.346. The van der Waals surface area contributed by atoms with Crippen molar-refractivity contribution >= 4 is 14.3 Å². The fraction of sp³-hybridized carbons (Fsp3) is 0.792. The summed E-state index contributed by atoms with van der Waals surface area (Å²) >= 11 is 0. The summed E-state index contributed by atoms with van der Waals surface area (Å²) in [6.07, 6.45) is 9.34. The van der Waals surface area contributed by atoms with Gasteiger partial charge >= 0.3 is 5.97 Å². The van der Waals surface area contributed by atoms with Crippen molar-refractivity contribution < 1.29 is 23.8 Å². The summed E-state index contributed by atoms with van der Waals surface area (Å²) in [5.74, 6) is -0.0384. The lowest BCUT2D eigenvalue weighted by atomic mass is 9.90. The Morgan fingerprint density at radius 1 is 1.27 bits per heavy atom. The summed E-state index contributed by atoms with van der Waals surface area (Å²) in [5, 5.41) is 8.99. The van der Waals surface area contributed by atoms with Crippen LogP contribution in [0.1, 0.15) is 60.3 Å². The molecule has 0 aromatic carbocycles. The molecule has 2 rings (SSSR count). The van der Waals surface area contributed by atoms with Crippen LogP contribution in [0, 0.1) is 17.8 Å². The van der Waals surface area contributed by atoms with Crippen LogP contribution in [0.4, 0.5) is 0 Å². The zero-order valence-electron chi connectivity index (χ0n) is 20.2. The molecule has 0 radical (unpaired) electrons. The Balaban J connectivity index is 2.10. The van der Waals surface area contributed by atoms with E-state index < -0.39 is 20.1 Å². The molecule has 0 heterocycles. The number of hydrogen-bond acceptors (Lipinski definition) is 4. The standard InChI is InChI=1S/C24H42O5Si/c1-23(2,3)30(7,8)28-16-20-19-14-17(11-9-10-12-22(25)26)13-18(19)15-21(20)29-24(4,5)27-6/h9,11,13,18-21H,10,12,14-16H2,1-8H3,(H,25,26). The van der Waals surface area contributed by atoms with Crippen LogP contribution in [0.5, 0.6) is 0 Å². The van der Waals surface area contributed by atoms with Crippen molar-refractivity contribution in [1.29, 1.82) is 0 Å². The minimum atomic E-state index is -1.84. The number of carbonyl (C=O) groups is 1. The van der Waals surface area contributed by atoms with Gasteiger partial charge in [-0.1, -0.05) is 44.6 Å². The molecule has 1 fully saturated rings. The number of aliphatic carboxylic acids is 1. The van der Waals surface area contributed by atoms with Gasteiger partial charge in [0.15, 0.2) is 14.1 Å². The zero-order valence-corrected chi connectivity index (χ0v) is 21.2. The van der Waals surface area contributed by atoms with Crippen molar-refractivity contribution in [2.45, 2.75) is 90.3 Å². The number of hydrogen-bond donors (Lipinski definition) is 1. The fourth-order valence-electron chi connectivity index (χ4n) is 4.19. The molecule has 0 amide bonds. The molecule has 0 aromatic rings. The van der Waals surface area contributed by atoms with E-state index >= 15 is 0 Å². The maximum atomic E-state index is 10.7. The van der Waals surface area contributed by atoms with E-state index in [9.17, 15) is 4.79 Å². The van der Waals surface area contributed by atoms with Gasteiger partial charge in [-0.3, -0.25) is 4.79 Å². The smallest absolute Gasteiger partial charge is 0.303 e. The van der Waals surface area contributed by atoms with Gasteiger partial charge in [-0.05, 0) is 63.1 Å². The van der Waals surface area contributed by atoms with Crippen molar-refractivity contribution in [1.82, 2.24) is 0 Å². The van der Waals surface area contributed by atoms with Crippen molar-refractivity contribution in [3.8, 4) is 0 Å². The van der Waals surface area contributed by atoms with E-state index in [2.05, 4.69) is 46.0 Å². The molecule has 0 saturated heterocycles. The summed E-state index contributed by atoms with van der Waals surface area (Å²) in [7, 11) is -0.149. The summed E-state index contributed by atoms with van der Waals surface area (Å²) in [4.78, 5) is 10.7. The molecule has 0 aliphatic heterocycles. The molecule has 1 N–H and O–H groups in total. The highest BCUT2D eigenvalue weighted by Crippen LogP contribution is 2.50. The number of carboxylic acids is 1. The molecule has 0 aromatic heterocycles. The second kappa shape index (κ2) is 9.68. The Hall–Kier alpha value is -0.953. The highest BCUT2D eigenvalue weighted by molar-refractivity contribution is 6.74. The third kappa shape index (κ3) is 6.52. The maximum Gasteiger partial charge on any atom is 0.303 e. The van der Waals surface area contributed by atoms with Gasteiger partial charge in [0.25, 0.3) is 0 Å². The molecule has 30 heavy (non-hydrogen) atoms. The van der Waals surface area contributed by atoms with E-state index in [1.54, 1.807) is 7.11 Å². The first-order valence-electron chi connectivity index (χ1n) is 11.2. The molecule has 4 atom stereocenters. The van der Waals surface area contributed by atoms with Gasteiger partial charge in [0.2, 0.25) is 0 Å². The maximum absolute atomic E-state index is 10.7. The number of fused-ring (bicyclic) bond motifs is 1. The summed E-state index contributed by atoms with van der Waals surface area (Å²) in [6, 6.07) is 0. The van der Waals surface area contributed by atoms with Gasteiger partial charge in [-0.15, -0.1) is 0 Å². The van der Waals surface area contributed by atoms with Crippen LogP contribution < -0.4 is 0 Å². The molecule has 0 spiro atoms. The predicted molar refractivity (Wildman–Crippen MR) is 123 cm³/mol. The molecule has 0 bridgehead atoms. The Kier molecular flexibility index (Phi) is 8.16. The minimum Gasteiger partial charge on any atom is -0.481 e. The molecule has 2 aliphatic rings. The van der Waals surface area contributed by atoms with Crippen LogP contribution in [0.2, 0.25) is 18.1 Å². The highest BCUT2D eigenvalue weighted by atomic mass is 28.4. The van der Waals surface area contributed by atoms with Crippen molar-refractivity contribution in [2.24, 2.45) is 17.8 Å². The van der Waals surface area contributed by atoms with Crippen LogP contribution in [-0.2, 0) is 18.7 Å². The molecule has 6 heteroatoms. The third-order valence-electron chi connectivity index (χ3n) is 7.21. The molecule has 2 aliphatic carbocycles. The van der Waals surface area contributed by atoms with E-state index in [4.69, 9.17) is 19.0 Å². The number of allylic oxidation sites excluding steroid dienone is 4. The average molecular weight is 439 g/mol. The van der Waals surface area contributed by atoms with Crippen LogP contribution in [0.25, 0.3) is 0 Å². The lowest BCUT2D eigenvalue weighted by Gasteiger charge is -2.39. The molecule has 4 unspecified atom stereocenters. The van der Waals surface area contributed by atoms with Crippen molar-refractivity contribution in [2.75, 3.05) is 13.7 Å². The summed E-state index contributed by atoms with van der Waals surface area (Å²) in [6.45, 7) is 16.1. The number of rotatable bonds is 10. The normalized spacial score (nSPS) is 27.5. The lowest BCUT2D eigenvalue weighted by Crippen LogP contribution is -2.44. The number of carboxylic acid groups (broad SMARTS) is 1. The van der Waals surface area contributed by atoms with Crippen LogP contribution >= 0.6 is 0 Å². The molecule has 1 saturated carbocycles. The van der Waals surface area contributed by atoms with E-state index in [1.807, 2.05) is 19.9 Å². The van der Waals surface area contributed by atoms with Crippen molar-refractivity contribution in [3.05, 3.63) is 23.8 Å². The second-order valence-corrected chi connectivity index (χ2v) is 15.6. The summed E-state index contributed by atoms with van der Waals surface area (Å²) < 4.78 is 18.6. The van der Waals surface area contributed by atoms with Gasteiger partial charge in [-0.2, -0.15) is 0 Å². The second-order valence-electron chi connectivity index (χ2n) is 10.8. The third-order valence-corrected chi connectivity index (χ3v) is 11.7. The van der Waals surface area contributed by atoms with E-state index in [0.717, 1.165) is 19.4 Å².